The van der Waals surface area contributed by atoms with E-state index in [1.807, 2.05) is 12.1 Å². The monoisotopic (exact) mass is 290 g/mol. The lowest BCUT2D eigenvalue weighted by Gasteiger charge is -2.17. The highest BCUT2D eigenvalue weighted by Crippen LogP contribution is 2.32. The quantitative estimate of drug-likeness (QED) is 0.703. The predicted molar refractivity (Wildman–Crippen MR) is 79.1 cm³/mol. The first kappa shape index (κ1) is 13.4. The predicted octanol–water partition coefficient (Wildman–Crippen LogP) is 5.24. The normalized spacial score (nSPS) is 13.9. The zero-order valence-electron chi connectivity index (χ0n) is 11.2. The molecule has 0 saturated heterocycles. The minimum absolute atomic E-state index is 0.234. The van der Waals surface area contributed by atoms with Gasteiger partial charge in [0, 0.05) is 5.56 Å². The van der Waals surface area contributed by atoms with Crippen molar-refractivity contribution in [3.8, 4) is 11.5 Å². The molecule has 1 aliphatic rings. The molecule has 0 amide bonds. The van der Waals surface area contributed by atoms with Crippen molar-refractivity contribution in [3.63, 3.8) is 0 Å². The average molecular weight is 291 g/mol. The van der Waals surface area contributed by atoms with Crippen molar-refractivity contribution >= 4 is 11.6 Å². The standard InChI is InChI=1S/C17H16ClFO/c18-11-14-6-3-7-16(19)17(14)20-15-9-8-12-4-1-2-5-13(12)10-15/h3,6-10H,1-2,4-5,11H2. The summed E-state index contributed by atoms with van der Waals surface area (Å²) in [4.78, 5) is 0. The van der Waals surface area contributed by atoms with E-state index in [1.54, 1.807) is 12.1 Å². The summed E-state index contributed by atoms with van der Waals surface area (Å²) in [5.41, 5.74) is 3.37. The summed E-state index contributed by atoms with van der Waals surface area (Å²) in [6, 6.07) is 10.8. The number of fused-ring (bicyclic) bond motifs is 1. The summed E-state index contributed by atoms with van der Waals surface area (Å²) in [5, 5.41) is 0. The molecule has 1 nitrogen and oxygen atoms in total. The highest BCUT2D eigenvalue weighted by molar-refractivity contribution is 6.17. The fourth-order valence-corrected chi connectivity index (χ4v) is 2.87. The Morgan fingerprint density at radius 2 is 1.85 bits per heavy atom. The van der Waals surface area contributed by atoms with Crippen LogP contribution in [0.2, 0.25) is 0 Å². The number of rotatable bonds is 3. The first-order valence-corrected chi connectivity index (χ1v) is 7.44. The van der Waals surface area contributed by atoms with Crippen LogP contribution in [0.5, 0.6) is 11.5 Å². The molecule has 0 radical (unpaired) electrons. The Balaban J connectivity index is 1.92. The molecule has 0 bridgehead atoms. The summed E-state index contributed by atoms with van der Waals surface area (Å²) < 4.78 is 19.6. The molecule has 3 heteroatoms. The number of benzene rings is 2. The van der Waals surface area contributed by atoms with Gasteiger partial charge < -0.3 is 4.74 Å². The molecule has 1 aliphatic carbocycles. The van der Waals surface area contributed by atoms with Gasteiger partial charge in [0.25, 0.3) is 0 Å². The molecule has 0 spiro atoms. The van der Waals surface area contributed by atoms with Crippen LogP contribution in [0.15, 0.2) is 36.4 Å². The highest BCUT2D eigenvalue weighted by Gasteiger charge is 2.13. The van der Waals surface area contributed by atoms with Gasteiger partial charge in [-0.25, -0.2) is 4.39 Å². The lowest BCUT2D eigenvalue weighted by atomic mass is 9.92. The molecule has 20 heavy (non-hydrogen) atoms. The molecule has 0 fully saturated rings. The van der Waals surface area contributed by atoms with Crippen LogP contribution in [0.4, 0.5) is 4.39 Å². The Kier molecular flexibility index (Phi) is 3.93. The molecule has 0 atom stereocenters. The van der Waals surface area contributed by atoms with Crippen molar-refractivity contribution in [1.29, 1.82) is 0 Å². The average Bonchev–Trinajstić information content (AvgIpc) is 2.49. The van der Waals surface area contributed by atoms with Gasteiger partial charge >= 0.3 is 0 Å². The van der Waals surface area contributed by atoms with Crippen LogP contribution < -0.4 is 4.74 Å². The molecule has 0 aliphatic heterocycles. The number of hydrogen-bond donors (Lipinski definition) is 0. The number of aryl methyl sites for hydroxylation is 2. The van der Waals surface area contributed by atoms with Gasteiger partial charge in [-0.3, -0.25) is 0 Å². The van der Waals surface area contributed by atoms with E-state index in [2.05, 4.69) is 6.07 Å². The van der Waals surface area contributed by atoms with Crippen molar-refractivity contribution in [2.75, 3.05) is 0 Å². The van der Waals surface area contributed by atoms with E-state index < -0.39 is 0 Å². The summed E-state index contributed by atoms with van der Waals surface area (Å²) >= 11 is 5.84. The number of alkyl halides is 1. The van der Waals surface area contributed by atoms with E-state index in [0.717, 1.165) is 12.8 Å². The van der Waals surface area contributed by atoms with Gasteiger partial charge in [-0.15, -0.1) is 11.6 Å². The Hall–Kier alpha value is -1.54. The van der Waals surface area contributed by atoms with E-state index in [0.29, 0.717) is 11.3 Å². The zero-order valence-corrected chi connectivity index (χ0v) is 11.9. The van der Waals surface area contributed by atoms with Gasteiger partial charge in [-0.05, 0) is 55.0 Å². The van der Waals surface area contributed by atoms with Gasteiger partial charge in [0.15, 0.2) is 11.6 Å². The molecule has 0 heterocycles. The second-order valence-corrected chi connectivity index (χ2v) is 5.37. The first-order valence-electron chi connectivity index (χ1n) is 6.91. The van der Waals surface area contributed by atoms with E-state index in [-0.39, 0.29) is 17.4 Å². The van der Waals surface area contributed by atoms with Crippen LogP contribution in [0.1, 0.15) is 29.5 Å². The summed E-state index contributed by atoms with van der Waals surface area (Å²) in [7, 11) is 0. The van der Waals surface area contributed by atoms with Crippen LogP contribution in [-0.2, 0) is 18.7 Å². The molecule has 0 N–H and O–H groups in total. The van der Waals surface area contributed by atoms with Crippen LogP contribution in [0, 0.1) is 5.82 Å². The van der Waals surface area contributed by atoms with Crippen LogP contribution in [0.3, 0.4) is 0 Å². The second-order valence-electron chi connectivity index (χ2n) is 5.10. The Morgan fingerprint density at radius 3 is 2.65 bits per heavy atom. The SMILES string of the molecule is Fc1cccc(CCl)c1Oc1ccc2c(c1)CCCC2. The Labute approximate surface area is 123 Å². The summed E-state index contributed by atoms with van der Waals surface area (Å²) in [5.74, 6) is 0.777. The Morgan fingerprint density at radius 1 is 1.05 bits per heavy atom. The molecule has 0 saturated carbocycles. The molecule has 0 unspecified atom stereocenters. The lowest BCUT2D eigenvalue weighted by Crippen LogP contribution is -2.02. The fourth-order valence-electron chi connectivity index (χ4n) is 2.66. The molecular weight excluding hydrogens is 275 g/mol. The maximum absolute atomic E-state index is 13.9. The third-order valence-corrected chi connectivity index (χ3v) is 4.02. The van der Waals surface area contributed by atoms with Crippen molar-refractivity contribution in [2.45, 2.75) is 31.6 Å². The van der Waals surface area contributed by atoms with E-state index >= 15 is 0 Å². The summed E-state index contributed by atoms with van der Waals surface area (Å²) in [6.45, 7) is 0. The third-order valence-electron chi connectivity index (χ3n) is 3.73. The molecule has 0 aromatic heterocycles. The third kappa shape index (κ3) is 2.66. The maximum Gasteiger partial charge on any atom is 0.167 e. The molecule has 3 rings (SSSR count). The minimum Gasteiger partial charge on any atom is -0.454 e. The van der Waals surface area contributed by atoms with E-state index in [4.69, 9.17) is 16.3 Å². The largest absolute Gasteiger partial charge is 0.454 e. The highest BCUT2D eigenvalue weighted by atomic mass is 35.5. The van der Waals surface area contributed by atoms with Crippen molar-refractivity contribution in [3.05, 3.63) is 58.9 Å². The zero-order chi connectivity index (χ0) is 13.9. The second kappa shape index (κ2) is 5.84. The van der Waals surface area contributed by atoms with Crippen molar-refractivity contribution in [2.24, 2.45) is 0 Å². The summed E-state index contributed by atoms with van der Waals surface area (Å²) in [6.07, 6.45) is 4.66. The smallest absolute Gasteiger partial charge is 0.167 e. The van der Waals surface area contributed by atoms with Gasteiger partial charge in [0.1, 0.15) is 5.75 Å². The fraction of sp³-hybridized carbons (Fsp3) is 0.294. The van der Waals surface area contributed by atoms with Gasteiger partial charge in [-0.2, -0.15) is 0 Å². The van der Waals surface area contributed by atoms with Crippen molar-refractivity contribution < 1.29 is 9.13 Å². The number of ether oxygens (including phenoxy) is 1. The number of hydrogen-bond acceptors (Lipinski definition) is 1. The number of halogens is 2. The van der Waals surface area contributed by atoms with Gasteiger partial charge in [0.05, 0.1) is 5.88 Å². The first-order chi connectivity index (χ1) is 9.78. The number of para-hydroxylation sites is 1. The molecule has 104 valence electrons. The van der Waals surface area contributed by atoms with E-state index in [1.165, 1.54) is 30.0 Å². The van der Waals surface area contributed by atoms with Gasteiger partial charge in [0.2, 0.25) is 0 Å². The van der Waals surface area contributed by atoms with E-state index in [9.17, 15) is 4.39 Å². The van der Waals surface area contributed by atoms with Gasteiger partial charge in [-0.1, -0.05) is 18.2 Å². The minimum atomic E-state index is -0.374. The van der Waals surface area contributed by atoms with Crippen LogP contribution in [0.25, 0.3) is 0 Å². The van der Waals surface area contributed by atoms with Crippen LogP contribution in [-0.4, -0.2) is 0 Å². The lowest BCUT2D eigenvalue weighted by molar-refractivity contribution is 0.437. The molecule has 2 aromatic carbocycles. The topological polar surface area (TPSA) is 9.23 Å². The molecule has 2 aromatic rings. The van der Waals surface area contributed by atoms with Crippen molar-refractivity contribution in [1.82, 2.24) is 0 Å². The Bertz CT molecular complexity index is 624. The van der Waals surface area contributed by atoms with Crippen LogP contribution >= 0.6 is 11.6 Å². The molecular formula is C17H16ClFO. The maximum atomic E-state index is 13.9.